The average molecular weight is 448 g/mol. The Kier molecular flexibility index (Phi) is 7.32. The van der Waals surface area contributed by atoms with Gasteiger partial charge in [0.25, 0.3) is 10.2 Å². The molecule has 2 aliphatic rings. The zero-order valence-corrected chi connectivity index (χ0v) is 19.1. The van der Waals surface area contributed by atoms with Crippen LogP contribution in [0.3, 0.4) is 0 Å². The van der Waals surface area contributed by atoms with Crippen LogP contribution in [0.2, 0.25) is 0 Å². The van der Waals surface area contributed by atoms with Crippen molar-refractivity contribution in [1.82, 2.24) is 13.5 Å². The highest BCUT2D eigenvalue weighted by molar-refractivity contribution is 7.86. The van der Waals surface area contributed by atoms with Gasteiger partial charge in [-0.3, -0.25) is 4.90 Å². The van der Waals surface area contributed by atoms with E-state index in [0.717, 1.165) is 55.1 Å². The third-order valence-corrected chi connectivity index (χ3v) is 8.04. The largest absolute Gasteiger partial charge is 0.494 e. The molecule has 31 heavy (non-hydrogen) atoms. The summed E-state index contributed by atoms with van der Waals surface area (Å²) in [5.41, 5.74) is 1.02. The molecule has 0 amide bonds. The van der Waals surface area contributed by atoms with Crippen LogP contribution in [-0.4, -0.2) is 67.8 Å². The topological polar surface area (TPSA) is 66.2 Å². The van der Waals surface area contributed by atoms with Crippen LogP contribution in [-0.2, 0) is 16.8 Å². The van der Waals surface area contributed by atoms with Crippen LogP contribution >= 0.6 is 0 Å². The molecule has 2 aromatic rings. The molecule has 0 N–H and O–H groups in total. The predicted octanol–water partition coefficient (Wildman–Crippen LogP) is 3.58. The summed E-state index contributed by atoms with van der Waals surface area (Å²) in [5, 5.41) is 0. The number of ether oxygens (including phenoxy) is 1. The fourth-order valence-corrected chi connectivity index (χ4v) is 6.03. The Bertz CT molecular complexity index is 936. The SMILES string of the molecule is CCOc1ccc(-c2ccc(CN3CCCN(S(=O)(=O)N4CCCCC4)CC3)o2)cc1. The van der Waals surface area contributed by atoms with E-state index in [4.69, 9.17) is 9.15 Å². The second kappa shape index (κ2) is 10.2. The summed E-state index contributed by atoms with van der Waals surface area (Å²) in [6.45, 7) is 7.32. The first-order valence-electron chi connectivity index (χ1n) is 11.4. The summed E-state index contributed by atoms with van der Waals surface area (Å²) in [6, 6.07) is 11.9. The van der Waals surface area contributed by atoms with Crippen molar-refractivity contribution >= 4 is 10.2 Å². The average Bonchev–Trinajstić information content (AvgIpc) is 3.12. The fourth-order valence-electron chi connectivity index (χ4n) is 4.32. The normalized spacial score (nSPS) is 19.9. The molecule has 0 aliphatic carbocycles. The molecule has 0 saturated carbocycles. The Morgan fingerprint density at radius 3 is 2.29 bits per heavy atom. The maximum absolute atomic E-state index is 13.0. The van der Waals surface area contributed by atoms with E-state index in [2.05, 4.69) is 4.90 Å². The number of furan rings is 1. The van der Waals surface area contributed by atoms with Gasteiger partial charge >= 0.3 is 0 Å². The van der Waals surface area contributed by atoms with Gasteiger partial charge in [0.1, 0.15) is 17.3 Å². The molecule has 0 spiro atoms. The summed E-state index contributed by atoms with van der Waals surface area (Å²) in [6.07, 6.45) is 3.89. The van der Waals surface area contributed by atoms with Gasteiger partial charge in [-0.05, 0) is 69.1 Å². The molecule has 2 fully saturated rings. The van der Waals surface area contributed by atoms with Gasteiger partial charge in [-0.1, -0.05) is 6.42 Å². The molecule has 8 heteroatoms. The second-order valence-corrected chi connectivity index (χ2v) is 10.1. The number of hydrogen-bond acceptors (Lipinski definition) is 5. The summed E-state index contributed by atoms with van der Waals surface area (Å²) in [5.74, 6) is 2.59. The summed E-state index contributed by atoms with van der Waals surface area (Å²) in [7, 11) is -3.34. The van der Waals surface area contributed by atoms with E-state index in [1.165, 1.54) is 0 Å². The number of piperidine rings is 1. The van der Waals surface area contributed by atoms with E-state index in [0.29, 0.717) is 45.9 Å². The first-order valence-corrected chi connectivity index (χ1v) is 12.8. The first-order chi connectivity index (χ1) is 15.1. The molecule has 7 nitrogen and oxygen atoms in total. The Hall–Kier alpha value is -1.87. The minimum atomic E-state index is -3.34. The standard InChI is InChI=1S/C23H33N3O4S/c1-2-29-21-9-7-20(8-10-21)23-12-11-22(30-23)19-24-13-6-16-26(18-17-24)31(27,28)25-14-4-3-5-15-25/h7-12H,2-6,13-19H2,1H3. The Labute approximate surface area is 185 Å². The Morgan fingerprint density at radius 1 is 0.839 bits per heavy atom. The van der Waals surface area contributed by atoms with Crippen molar-refractivity contribution in [2.24, 2.45) is 0 Å². The van der Waals surface area contributed by atoms with Gasteiger partial charge in [-0.15, -0.1) is 0 Å². The maximum Gasteiger partial charge on any atom is 0.282 e. The van der Waals surface area contributed by atoms with Crippen LogP contribution in [0.15, 0.2) is 40.8 Å². The van der Waals surface area contributed by atoms with E-state index in [1.54, 1.807) is 8.61 Å². The van der Waals surface area contributed by atoms with Gasteiger partial charge in [0.2, 0.25) is 0 Å². The van der Waals surface area contributed by atoms with Crippen LogP contribution in [0.25, 0.3) is 11.3 Å². The summed E-state index contributed by atoms with van der Waals surface area (Å²) >= 11 is 0. The van der Waals surface area contributed by atoms with E-state index in [1.807, 2.05) is 43.3 Å². The predicted molar refractivity (Wildman–Crippen MR) is 121 cm³/mol. The Morgan fingerprint density at radius 2 is 1.55 bits per heavy atom. The van der Waals surface area contributed by atoms with E-state index in [-0.39, 0.29) is 0 Å². The van der Waals surface area contributed by atoms with Gasteiger partial charge in [0.15, 0.2) is 0 Å². The number of rotatable bonds is 7. The van der Waals surface area contributed by atoms with Crippen LogP contribution in [0.1, 0.15) is 38.4 Å². The number of hydrogen-bond donors (Lipinski definition) is 0. The lowest BCUT2D eigenvalue weighted by molar-refractivity contribution is 0.253. The van der Waals surface area contributed by atoms with Crippen molar-refractivity contribution in [3.63, 3.8) is 0 Å². The molecule has 1 aromatic heterocycles. The molecular weight excluding hydrogens is 414 g/mol. The number of benzene rings is 1. The van der Waals surface area contributed by atoms with Crippen LogP contribution in [0.4, 0.5) is 0 Å². The van der Waals surface area contributed by atoms with Crippen LogP contribution < -0.4 is 4.74 Å². The third kappa shape index (κ3) is 5.49. The second-order valence-electron chi connectivity index (χ2n) is 8.22. The highest BCUT2D eigenvalue weighted by Gasteiger charge is 2.31. The minimum Gasteiger partial charge on any atom is -0.494 e. The zero-order chi connectivity index (χ0) is 21.7. The summed E-state index contributed by atoms with van der Waals surface area (Å²) in [4.78, 5) is 2.28. The smallest absolute Gasteiger partial charge is 0.282 e. The van der Waals surface area contributed by atoms with Crippen molar-refractivity contribution in [2.45, 2.75) is 39.2 Å². The van der Waals surface area contributed by atoms with E-state index in [9.17, 15) is 8.42 Å². The van der Waals surface area contributed by atoms with Crippen molar-refractivity contribution in [3.8, 4) is 17.1 Å². The minimum absolute atomic E-state index is 0.533. The lowest BCUT2D eigenvalue weighted by atomic mass is 10.2. The van der Waals surface area contributed by atoms with E-state index < -0.39 is 10.2 Å². The van der Waals surface area contributed by atoms with E-state index >= 15 is 0 Å². The van der Waals surface area contributed by atoms with Gasteiger partial charge in [0.05, 0.1) is 13.2 Å². The van der Waals surface area contributed by atoms with Gasteiger partial charge in [-0.25, -0.2) is 0 Å². The van der Waals surface area contributed by atoms with Crippen LogP contribution in [0.5, 0.6) is 5.75 Å². The lowest BCUT2D eigenvalue weighted by Crippen LogP contribution is -2.47. The zero-order valence-electron chi connectivity index (χ0n) is 18.3. The Balaban J connectivity index is 1.34. The molecular formula is C23H33N3O4S. The molecule has 4 rings (SSSR count). The van der Waals surface area contributed by atoms with Gasteiger partial charge < -0.3 is 9.15 Å². The van der Waals surface area contributed by atoms with Crippen molar-refractivity contribution < 1.29 is 17.6 Å². The monoisotopic (exact) mass is 447 g/mol. The molecule has 0 unspecified atom stereocenters. The maximum atomic E-state index is 13.0. The lowest BCUT2D eigenvalue weighted by Gasteiger charge is -2.31. The highest BCUT2D eigenvalue weighted by atomic mass is 32.2. The number of nitrogens with zero attached hydrogens (tertiary/aromatic N) is 3. The molecule has 3 heterocycles. The molecule has 0 atom stereocenters. The summed E-state index contributed by atoms with van der Waals surface area (Å²) < 4.78 is 40.9. The van der Waals surface area contributed by atoms with Gasteiger partial charge in [-0.2, -0.15) is 17.0 Å². The molecule has 2 aliphatic heterocycles. The molecule has 0 bridgehead atoms. The van der Waals surface area contributed by atoms with Crippen molar-refractivity contribution in [2.75, 3.05) is 45.9 Å². The van der Waals surface area contributed by atoms with Crippen LogP contribution in [0, 0.1) is 0 Å². The quantitative estimate of drug-likeness (QED) is 0.649. The molecule has 2 saturated heterocycles. The first kappa shape index (κ1) is 22.3. The van der Waals surface area contributed by atoms with Crippen molar-refractivity contribution in [1.29, 1.82) is 0 Å². The third-order valence-electron chi connectivity index (χ3n) is 6.01. The van der Waals surface area contributed by atoms with Gasteiger partial charge in [0, 0.05) is 38.3 Å². The highest BCUT2D eigenvalue weighted by Crippen LogP contribution is 2.26. The molecule has 170 valence electrons. The molecule has 0 radical (unpaired) electrons. The fraction of sp³-hybridized carbons (Fsp3) is 0.565. The molecule has 1 aromatic carbocycles. The van der Waals surface area contributed by atoms with Crippen molar-refractivity contribution in [3.05, 3.63) is 42.2 Å².